The van der Waals surface area contributed by atoms with Gasteiger partial charge in [0.25, 0.3) is 0 Å². The van der Waals surface area contributed by atoms with E-state index < -0.39 is 0 Å². The third kappa shape index (κ3) is 3.04. The van der Waals surface area contributed by atoms with E-state index in [-0.39, 0.29) is 6.04 Å². The molecule has 3 N–H and O–H groups in total. The van der Waals surface area contributed by atoms with E-state index in [1.54, 1.807) is 6.33 Å². The Balaban J connectivity index is 1.56. The predicted molar refractivity (Wildman–Crippen MR) is 107 cm³/mol. The smallest absolute Gasteiger partial charge is 0.182 e. The highest BCUT2D eigenvalue weighted by atomic mass is 35.5. The number of hydrogen-bond acceptors (Lipinski definition) is 6. The molecule has 1 atom stereocenters. The number of aromatic nitrogens is 5. The second kappa shape index (κ2) is 6.35. The minimum atomic E-state index is -0.0245. The number of imidazole rings is 1. The molecule has 0 spiro atoms. The Morgan fingerprint density at radius 1 is 1.19 bits per heavy atom. The zero-order valence-corrected chi connectivity index (χ0v) is 15.5. The van der Waals surface area contributed by atoms with Crippen molar-refractivity contribution in [3.8, 4) is 0 Å². The number of rotatable bonds is 5. The lowest BCUT2D eigenvalue weighted by molar-refractivity contribution is 0.868. The summed E-state index contributed by atoms with van der Waals surface area (Å²) in [5.41, 5.74) is 3.32. The minimum absolute atomic E-state index is 0.0245. The Hall–Kier alpha value is -2.93. The van der Waals surface area contributed by atoms with Gasteiger partial charge in [-0.3, -0.25) is 0 Å². The quantitative estimate of drug-likeness (QED) is 0.478. The van der Waals surface area contributed by atoms with Crippen LogP contribution in [0.25, 0.3) is 22.1 Å². The highest BCUT2D eigenvalue weighted by molar-refractivity contribution is 6.35. The summed E-state index contributed by atoms with van der Waals surface area (Å²) >= 11 is 6.36. The molecule has 1 fully saturated rings. The molecule has 8 heteroatoms. The van der Waals surface area contributed by atoms with Crippen LogP contribution in [0, 0.1) is 0 Å². The van der Waals surface area contributed by atoms with Gasteiger partial charge in [0.1, 0.15) is 17.7 Å². The first kappa shape index (κ1) is 16.3. The van der Waals surface area contributed by atoms with E-state index in [1.165, 1.54) is 19.2 Å². The number of nitrogens with zero attached hydrogens (tertiary/aromatic N) is 4. The number of pyridine rings is 1. The summed E-state index contributed by atoms with van der Waals surface area (Å²) in [7, 11) is 0. The van der Waals surface area contributed by atoms with Crippen molar-refractivity contribution in [1.82, 2.24) is 24.9 Å². The average molecular weight is 380 g/mol. The molecule has 1 unspecified atom stereocenters. The second-order valence-corrected chi connectivity index (χ2v) is 7.25. The molecule has 7 nitrogen and oxygen atoms in total. The summed E-state index contributed by atoms with van der Waals surface area (Å²) in [4.78, 5) is 20.6. The number of fused-ring (bicyclic) bond motifs is 2. The number of benzene rings is 1. The van der Waals surface area contributed by atoms with Crippen LogP contribution in [0.4, 0.5) is 11.6 Å². The van der Waals surface area contributed by atoms with Crippen LogP contribution < -0.4 is 10.6 Å². The number of anilines is 2. The van der Waals surface area contributed by atoms with E-state index >= 15 is 0 Å². The lowest BCUT2D eigenvalue weighted by Crippen LogP contribution is -2.14. The van der Waals surface area contributed by atoms with Crippen LogP contribution >= 0.6 is 11.6 Å². The Bertz CT molecular complexity index is 1140. The Labute approximate surface area is 160 Å². The van der Waals surface area contributed by atoms with E-state index in [0.29, 0.717) is 22.5 Å². The predicted octanol–water partition coefficient (Wildman–Crippen LogP) is 4.30. The lowest BCUT2D eigenvalue weighted by atomic mass is 10.1. The molecular weight excluding hydrogens is 362 g/mol. The molecule has 1 saturated carbocycles. The van der Waals surface area contributed by atoms with Crippen LogP contribution in [0.5, 0.6) is 0 Å². The summed E-state index contributed by atoms with van der Waals surface area (Å²) in [5.74, 6) is 1.58. The Morgan fingerprint density at radius 2 is 2.07 bits per heavy atom. The summed E-state index contributed by atoms with van der Waals surface area (Å²) < 4.78 is 0. The van der Waals surface area contributed by atoms with Crippen molar-refractivity contribution in [2.75, 3.05) is 10.6 Å². The molecule has 0 aliphatic heterocycles. The summed E-state index contributed by atoms with van der Waals surface area (Å²) in [6, 6.07) is 8.45. The molecule has 5 rings (SSSR count). The van der Waals surface area contributed by atoms with Crippen LogP contribution in [0.15, 0.2) is 36.9 Å². The molecule has 1 aromatic carbocycles. The van der Waals surface area contributed by atoms with Crippen LogP contribution in [0.2, 0.25) is 5.02 Å². The monoisotopic (exact) mass is 379 g/mol. The SMILES string of the molecule is CC(Nc1ncnc2nc[nH]c12)c1cc2cccc(Cl)c2nc1NC1CC1. The van der Waals surface area contributed by atoms with Crippen LogP contribution in [-0.4, -0.2) is 31.0 Å². The molecule has 4 aromatic rings. The van der Waals surface area contributed by atoms with Gasteiger partial charge in [-0.05, 0) is 31.9 Å². The number of halogens is 1. The third-order valence-electron chi connectivity index (χ3n) is 4.79. The topological polar surface area (TPSA) is 91.4 Å². The van der Waals surface area contributed by atoms with Crippen molar-refractivity contribution in [2.24, 2.45) is 0 Å². The Kier molecular flexibility index (Phi) is 3.82. The molecule has 0 amide bonds. The van der Waals surface area contributed by atoms with E-state index in [4.69, 9.17) is 16.6 Å². The number of aromatic amines is 1. The third-order valence-corrected chi connectivity index (χ3v) is 5.09. The van der Waals surface area contributed by atoms with Crippen molar-refractivity contribution in [1.29, 1.82) is 0 Å². The number of H-pyrrole nitrogens is 1. The minimum Gasteiger partial charge on any atom is -0.367 e. The van der Waals surface area contributed by atoms with Crippen molar-refractivity contribution < 1.29 is 0 Å². The van der Waals surface area contributed by atoms with E-state index in [9.17, 15) is 0 Å². The van der Waals surface area contributed by atoms with Gasteiger partial charge in [-0.25, -0.2) is 19.9 Å². The van der Waals surface area contributed by atoms with Gasteiger partial charge >= 0.3 is 0 Å². The van der Waals surface area contributed by atoms with Gasteiger partial charge in [-0.15, -0.1) is 0 Å². The fourth-order valence-electron chi connectivity index (χ4n) is 3.20. The largest absolute Gasteiger partial charge is 0.367 e. The molecule has 1 aliphatic rings. The van der Waals surface area contributed by atoms with Crippen LogP contribution in [-0.2, 0) is 0 Å². The maximum Gasteiger partial charge on any atom is 0.182 e. The van der Waals surface area contributed by atoms with E-state index in [2.05, 4.69) is 43.6 Å². The van der Waals surface area contributed by atoms with Gasteiger partial charge in [0.2, 0.25) is 0 Å². The van der Waals surface area contributed by atoms with Gasteiger partial charge in [0.05, 0.1) is 22.9 Å². The van der Waals surface area contributed by atoms with Gasteiger partial charge < -0.3 is 15.6 Å². The van der Waals surface area contributed by atoms with E-state index in [1.807, 2.05) is 18.2 Å². The van der Waals surface area contributed by atoms with Gasteiger partial charge in [-0.1, -0.05) is 23.7 Å². The molecule has 136 valence electrons. The fraction of sp³-hybridized carbons (Fsp3) is 0.263. The highest BCUT2D eigenvalue weighted by Crippen LogP contribution is 2.34. The van der Waals surface area contributed by atoms with Crippen LogP contribution in [0.3, 0.4) is 0 Å². The average Bonchev–Trinajstić information content (AvgIpc) is 3.34. The second-order valence-electron chi connectivity index (χ2n) is 6.85. The first-order valence-electron chi connectivity index (χ1n) is 8.95. The van der Waals surface area contributed by atoms with Crippen molar-refractivity contribution in [3.63, 3.8) is 0 Å². The summed E-state index contributed by atoms with van der Waals surface area (Å²) in [6.45, 7) is 2.09. The molecule has 3 heterocycles. The normalized spacial score (nSPS) is 15.2. The molecule has 27 heavy (non-hydrogen) atoms. The molecular formula is C19H18ClN7. The van der Waals surface area contributed by atoms with Gasteiger partial charge in [0, 0.05) is 17.0 Å². The molecule has 1 aliphatic carbocycles. The first-order valence-corrected chi connectivity index (χ1v) is 9.33. The molecule has 0 saturated heterocycles. The number of nitrogens with one attached hydrogen (secondary N) is 3. The van der Waals surface area contributed by atoms with Gasteiger partial charge in [-0.2, -0.15) is 0 Å². The maximum absolute atomic E-state index is 6.36. The molecule has 0 radical (unpaired) electrons. The first-order chi connectivity index (χ1) is 13.2. The fourth-order valence-corrected chi connectivity index (χ4v) is 3.43. The number of para-hydroxylation sites is 1. The maximum atomic E-state index is 6.36. The lowest BCUT2D eigenvalue weighted by Gasteiger charge is -2.20. The standard InChI is InChI=1S/C19H18ClN7/c1-10(25-19-16-18(22-8-21-16)23-9-24-19)13-7-11-3-2-4-14(20)15(11)27-17(13)26-12-5-6-12/h2-4,7-10,12H,5-6H2,1H3,(H,26,27)(H2,21,22,23,24,25). The molecule has 0 bridgehead atoms. The van der Waals surface area contributed by atoms with Crippen molar-refractivity contribution in [3.05, 3.63) is 47.5 Å². The zero-order chi connectivity index (χ0) is 18.4. The summed E-state index contributed by atoms with van der Waals surface area (Å²) in [5, 5.41) is 8.68. The van der Waals surface area contributed by atoms with Gasteiger partial charge in [0.15, 0.2) is 11.5 Å². The van der Waals surface area contributed by atoms with Crippen molar-refractivity contribution >= 4 is 45.3 Å². The van der Waals surface area contributed by atoms with Crippen LogP contribution in [0.1, 0.15) is 31.4 Å². The molecule has 3 aromatic heterocycles. The summed E-state index contributed by atoms with van der Waals surface area (Å²) in [6.07, 6.45) is 5.48. The highest BCUT2D eigenvalue weighted by Gasteiger charge is 2.24. The van der Waals surface area contributed by atoms with Crippen molar-refractivity contribution in [2.45, 2.75) is 31.8 Å². The Morgan fingerprint density at radius 3 is 2.93 bits per heavy atom. The number of hydrogen-bond donors (Lipinski definition) is 3. The zero-order valence-electron chi connectivity index (χ0n) is 14.7. The van der Waals surface area contributed by atoms with E-state index in [0.717, 1.165) is 27.8 Å².